The first kappa shape index (κ1) is 15.5. The third-order valence-electron chi connectivity index (χ3n) is 3.72. The second-order valence-electron chi connectivity index (χ2n) is 5.45. The van der Waals surface area contributed by atoms with Crippen LogP contribution in [0, 0.1) is 6.92 Å². The van der Waals surface area contributed by atoms with E-state index in [2.05, 4.69) is 0 Å². The summed E-state index contributed by atoms with van der Waals surface area (Å²) in [6.45, 7) is 3.65. The Morgan fingerprint density at radius 1 is 1.13 bits per heavy atom. The minimum absolute atomic E-state index is 0.0462. The van der Waals surface area contributed by atoms with Gasteiger partial charge < -0.3 is 4.42 Å². The maximum absolute atomic E-state index is 12.5. The first-order chi connectivity index (χ1) is 11.0. The molecule has 0 N–H and O–H groups in total. The fourth-order valence-corrected chi connectivity index (χ4v) is 2.68. The summed E-state index contributed by atoms with van der Waals surface area (Å²) in [6, 6.07) is 12.0. The molecule has 0 fully saturated rings. The van der Waals surface area contributed by atoms with Crippen LogP contribution in [0.25, 0.3) is 22.3 Å². The SMILES string of the molecule is CCC(=O)c1cc(C)cc2c(=O)cc(-c3ccc(Cl)cc3)oc12. The summed E-state index contributed by atoms with van der Waals surface area (Å²) >= 11 is 5.89. The Bertz CT molecular complexity index is 953. The van der Waals surface area contributed by atoms with Crippen molar-refractivity contribution < 1.29 is 9.21 Å². The fourth-order valence-electron chi connectivity index (χ4n) is 2.56. The van der Waals surface area contributed by atoms with E-state index in [1.54, 1.807) is 43.3 Å². The maximum atomic E-state index is 12.5. The van der Waals surface area contributed by atoms with Crippen LogP contribution in [0.15, 0.2) is 51.7 Å². The average Bonchev–Trinajstić information content (AvgIpc) is 2.54. The standard InChI is InChI=1S/C19H15ClO3/c1-3-16(21)14-8-11(2)9-15-17(22)10-18(23-19(14)15)12-4-6-13(20)7-5-12/h4-10H,3H2,1-2H3. The zero-order chi connectivity index (χ0) is 16.6. The predicted octanol–water partition coefficient (Wildman–Crippen LogP) is 5.01. The minimum atomic E-state index is -0.162. The molecule has 4 heteroatoms. The molecule has 0 saturated heterocycles. The highest BCUT2D eigenvalue weighted by atomic mass is 35.5. The number of hydrogen-bond donors (Lipinski definition) is 0. The van der Waals surface area contributed by atoms with E-state index >= 15 is 0 Å². The van der Waals surface area contributed by atoms with Crippen LogP contribution in [0.4, 0.5) is 0 Å². The molecule has 0 unspecified atom stereocenters. The highest BCUT2D eigenvalue weighted by Crippen LogP contribution is 2.27. The topological polar surface area (TPSA) is 47.3 Å². The molecule has 116 valence electrons. The molecule has 0 amide bonds. The van der Waals surface area contributed by atoms with Gasteiger partial charge in [0.2, 0.25) is 0 Å². The number of carbonyl (C=O) groups is 1. The first-order valence-corrected chi connectivity index (χ1v) is 7.75. The molecule has 3 rings (SSSR count). The molecule has 0 aliphatic rings. The van der Waals surface area contributed by atoms with Gasteiger partial charge in [0.05, 0.1) is 10.9 Å². The second-order valence-corrected chi connectivity index (χ2v) is 5.88. The quantitative estimate of drug-likeness (QED) is 0.635. The third-order valence-corrected chi connectivity index (χ3v) is 3.98. The van der Waals surface area contributed by atoms with Crippen LogP contribution in [-0.4, -0.2) is 5.78 Å². The maximum Gasteiger partial charge on any atom is 0.193 e. The summed E-state index contributed by atoms with van der Waals surface area (Å²) < 4.78 is 5.91. The van der Waals surface area contributed by atoms with E-state index in [9.17, 15) is 9.59 Å². The Labute approximate surface area is 138 Å². The molecule has 0 saturated carbocycles. The number of halogens is 1. The number of rotatable bonds is 3. The van der Waals surface area contributed by atoms with Crippen molar-refractivity contribution >= 4 is 28.4 Å². The lowest BCUT2D eigenvalue weighted by molar-refractivity contribution is 0.0988. The Morgan fingerprint density at radius 3 is 2.48 bits per heavy atom. The van der Waals surface area contributed by atoms with Gasteiger partial charge in [0.15, 0.2) is 11.2 Å². The highest BCUT2D eigenvalue weighted by Gasteiger charge is 2.15. The second kappa shape index (κ2) is 6.01. The number of aryl methyl sites for hydroxylation is 1. The Kier molecular flexibility index (Phi) is 4.05. The van der Waals surface area contributed by atoms with Crippen LogP contribution in [0.5, 0.6) is 0 Å². The van der Waals surface area contributed by atoms with Crippen molar-refractivity contribution in [3.8, 4) is 11.3 Å². The van der Waals surface area contributed by atoms with E-state index in [0.29, 0.717) is 33.7 Å². The molecular weight excluding hydrogens is 312 g/mol. The number of benzene rings is 2. The summed E-state index contributed by atoms with van der Waals surface area (Å²) in [5, 5.41) is 1.04. The number of fused-ring (bicyclic) bond motifs is 1. The van der Waals surface area contributed by atoms with Crippen molar-refractivity contribution in [1.29, 1.82) is 0 Å². The Hall–Kier alpha value is -2.39. The molecule has 0 spiro atoms. The number of hydrogen-bond acceptors (Lipinski definition) is 3. The van der Waals surface area contributed by atoms with Gasteiger partial charge in [0, 0.05) is 23.1 Å². The molecule has 23 heavy (non-hydrogen) atoms. The molecule has 0 atom stereocenters. The normalized spacial score (nSPS) is 10.9. The van der Waals surface area contributed by atoms with Crippen LogP contribution in [0.2, 0.25) is 5.02 Å². The molecule has 0 aliphatic carbocycles. The third kappa shape index (κ3) is 2.92. The summed E-state index contributed by atoms with van der Waals surface area (Å²) in [5.41, 5.74) is 2.24. The molecule has 3 aromatic rings. The van der Waals surface area contributed by atoms with Gasteiger partial charge in [-0.2, -0.15) is 0 Å². The van der Waals surface area contributed by atoms with Crippen LogP contribution in [0.3, 0.4) is 0 Å². The molecule has 2 aromatic carbocycles. The van der Waals surface area contributed by atoms with E-state index in [4.69, 9.17) is 16.0 Å². The van der Waals surface area contributed by atoms with Crippen LogP contribution in [-0.2, 0) is 0 Å². The van der Waals surface area contributed by atoms with Crippen LogP contribution < -0.4 is 5.43 Å². The van der Waals surface area contributed by atoms with Crippen LogP contribution >= 0.6 is 11.6 Å². The van der Waals surface area contributed by atoms with Crippen molar-refractivity contribution in [2.45, 2.75) is 20.3 Å². The van der Waals surface area contributed by atoms with Crippen molar-refractivity contribution in [3.05, 3.63) is 68.8 Å². The van der Waals surface area contributed by atoms with Gasteiger partial charge in [-0.1, -0.05) is 18.5 Å². The Morgan fingerprint density at radius 2 is 1.83 bits per heavy atom. The molecular formula is C19H15ClO3. The number of carbonyl (C=O) groups excluding carboxylic acids is 1. The summed E-state index contributed by atoms with van der Waals surface area (Å²) in [5.74, 6) is 0.378. The van der Waals surface area contributed by atoms with Crippen molar-refractivity contribution in [3.63, 3.8) is 0 Å². The monoisotopic (exact) mass is 326 g/mol. The molecule has 0 bridgehead atoms. The number of Topliss-reactive ketones (excluding diaryl/α,β-unsaturated/α-hetero) is 1. The first-order valence-electron chi connectivity index (χ1n) is 7.37. The largest absolute Gasteiger partial charge is 0.455 e. The lowest BCUT2D eigenvalue weighted by Crippen LogP contribution is -2.06. The fraction of sp³-hybridized carbons (Fsp3) is 0.158. The van der Waals surface area contributed by atoms with E-state index < -0.39 is 0 Å². The van der Waals surface area contributed by atoms with Gasteiger partial charge in [-0.05, 0) is 48.9 Å². The van der Waals surface area contributed by atoms with Gasteiger partial charge in [0.25, 0.3) is 0 Å². The molecule has 1 aromatic heterocycles. The van der Waals surface area contributed by atoms with Gasteiger partial charge in [0.1, 0.15) is 11.3 Å². The molecule has 0 radical (unpaired) electrons. The average molecular weight is 327 g/mol. The van der Waals surface area contributed by atoms with Gasteiger partial charge >= 0.3 is 0 Å². The lowest BCUT2D eigenvalue weighted by Gasteiger charge is -2.08. The smallest absolute Gasteiger partial charge is 0.193 e. The molecule has 3 nitrogen and oxygen atoms in total. The van der Waals surface area contributed by atoms with E-state index in [-0.39, 0.29) is 11.2 Å². The van der Waals surface area contributed by atoms with Crippen molar-refractivity contribution in [2.24, 2.45) is 0 Å². The Balaban J connectivity index is 2.32. The summed E-state index contributed by atoms with van der Waals surface area (Å²) in [7, 11) is 0. The van der Waals surface area contributed by atoms with Crippen molar-refractivity contribution in [2.75, 3.05) is 0 Å². The minimum Gasteiger partial charge on any atom is -0.455 e. The zero-order valence-corrected chi connectivity index (χ0v) is 13.6. The van der Waals surface area contributed by atoms with E-state index in [0.717, 1.165) is 11.1 Å². The van der Waals surface area contributed by atoms with Gasteiger partial charge in [-0.25, -0.2) is 0 Å². The molecule has 1 heterocycles. The van der Waals surface area contributed by atoms with Crippen molar-refractivity contribution in [1.82, 2.24) is 0 Å². The predicted molar refractivity (Wildman–Crippen MR) is 92.3 cm³/mol. The van der Waals surface area contributed by atoms with Gasteiger partial charge in [-0.15, -0.1) is 0 Å². The summed E-state index contributed by atoms with van der Waals surface area (Å²) in [6.07, 6.45) is 0.355. The molecule has 0 aliphatic heterocycles. The zero-order valence-electron chi connectivity index (χ0n) is 12.9. The van der Waals surface area contributed by atoms with E-state index in [1.807, 2.05) is 6.92 Å². The van der Waals surface area contributed by atoms with Gasteiger partial charge in [-0.3, -0.25) is 9.59 Å². The highest BCUT2D eigenvalue weighted by molar-refractivity contribution is 6.30. The van der Waals surface area contributed by atoms with Crippen LogP contribution in [0.1, 0.15) is 29.3 Å². The number of ketones is 1. The van der Waals surface area contributed by atoms with E-state index in [1.165, 1.54) is 6.07 Å². The summed E-state index contributed by atoms with van der Waals surface area (Å²) in [4.78, 5) is 24.7. The lowest BCUT2D eigenvalue weighted by atomic mass is 10.0.